The molecule has 2 rings (SSSR count). The Hall–Kier alpha value is -1.17. The average Bonchev–Trinajstić information content (AvgIpc) is 2.38. The molecule has 3 nitrogen and oxygen atoms in total. The molecule has 18 heavy (non-hydrogen) atoms. The first kappa shape index (κ1) is 13.3. The molecule has 0 aliphatic rings. The van der Waals surface area contributed by atoms with Crippen LogP contribution < -0.4 is 0 Å². The number of unbranched alkanes of at least 4 members (excludes halogenated alkanes) is 1. The summed E-state index contributed by atoms with van der Waals surface area (Å²) in [5, 5.41) is 1.03. The van der Waals surface area contributed by atoms with Crippen molar-refractivity contribution in [1.82, 2.24) is 4.98 Å². The average molecular weight is 355 g/mol. The lowest BCUT2D eigenvalue weighted by Crippen LogP contribution is -2.06. The molecule has 0 saturated heterocycles. The quantitative estimate of drug-likeness (QED) is 0.363. The van der Waals surface area contributed by atoms with E-state index < -0.39 is 0 Å². The van der Waals surface area contributed by atoms with Crippen molar-refractivity contribution in [3.63, 3.8) is 0 Å². The van der Waals surface area contributed by atoms with Crippen molar-refractivity contribution in [3.8, 4) is 0 Å². The van der Waals surface area contributed by atoms with Crippen LogP contribution in [0.1, 0.15) is 30.1 Å². The maximum atomic E-state index is 11.8. The van der Waals surface area contributed by atoms with E-state index in [-0.39, 0.29) is 5.97 Å². The molecular weight excluding hydrogens is 341 g/mol. The second kappa shape index (κ2) is 6.13. The zero-order valence-corrected chi connectivity index (χ0v) is 12.3. The lowest BCUT2D eigenvalue weighted by molar-refractivity contribution is 0.0500. The van der Waals surface area contributed by atoms with Crippen LogP contribution in [0.2, 0.25) is 0 Å². The Labute approximate surface area is 120 Å². The lowest BCUT2D eigenvalue weighted by atomic mass is 10.1. The number of ether oxygens (including phenoxy) is 1. The van der Waals surface area contributed by atoms with E-state index in [0.29, 0.717) is 12.2 Å². The number of hydrogen-bond acceptors (Lipinski definition) is 3. The third-order valence-corrected chi connectivity index (χ3v) is 3.23. The van der Waals surface area contributed by atoms with Crippen LogP contribution >= 0.6 is 22.6 Å². The number of halogens is 1. The van der Waals surface area contributed by atoms with Crippen LogP contribution in [-0.4, -0.2) is 17.6 Å². The van der Waals surface area contributed by atoms with E-state index in [9.17, 15) is 4.79 Å². The summed E-state index contributed by atoms with van der Waals surface area (Å²) in [5.74, 6) is -0.272. The van der Waals surface area contributed by atoms with Crippen molar-refractivity contribution in [2.75, 3.05) is 6.61 Å². The SMILES string of the molecule is CCCCOC(=O)c1ccc2ccc(I)nc2c1. The van der Waals surface area contributed by atoms with Crippen molar-refractivity contribution in [1.29, 1.82) is 0 Å². The van der Waals surface area contributed by atoms with E-state index in [1.54, 1.807) is 12.1 Å². The number of pyridine rings is 1. The summed E-state index contributed by atoms with van der Waals surface area (Å²) < 4.78 is 6.09. The number of benzene rings is 1. The van der Waals surface area contributed by atoms with E-state index in [1.165, 1.54) is 0 Å². The number of aromatic nitrogens is 1. The predicted molar refractivity (Wildman–Crippen MR) is 79.7 cm³/mol. The molecule has 0 N–H and O–H groups in total. The lowest BCUT2D eigenvalue weighted by Gasteiger charge is -2.05. The topological polar surface area (TPSA) is 39.2 Å². The van der Waals surface area contributed by atoms with E-state index in [4.69, 9.17) is 4.74 Å². The Kier molecular flexibility index (Phi) is 4.52. The van der Waals surface area contributed by atoms with Gasteiger partial charge in [0.2, 0.25) is 0 Å². The molecule has 0 aliphatic carbocycles. The number of fused-ring (bicyclic) bond motifs is 1. The molecule has 1 heterocycles. The summed E-state index contributed by atoms with van der Waals surface area (Å²) in [6.45, 7) is 2.54. The molecule has 0 aliphatic heterocycles. The van der Waals surface area contributed by atoms with Gasteiger partial charge in [-0.15, -0.1) is 0 Å². The largest absolute Gasteiger partial charge is 0.462 e. The summed E-state index contributed by atoms with van der Waals surface area (Å²) in [4.78, 5) is 16.2. The van der Waals surface area contributed by atoms with Crippen LogP contribution in [0.4, 0.5) is 0 Å². The number of esters is 1. The predicted octanol–water partition coefficient (Wildman–Crippen LogP) is 3.80. The molecule has 94 valence electrons. The second-order valence-electron chi connectivity index (χ2n) is 4.03. The fourth-order valence-corrected chi connectivity index (χ4v) is 2.05. The standard InChI is InChI=1S/C14H14INO2/c1-2-3-8-18-14(17)11-5-4-10-6-7-13(15)16-12(10)9-11/h4-7,9H,2-3,8H2,1H3. The molecule has 1 aromatic heterocycles. The minimum Gasteiger partial charge on any atom is -0.462 e. The Morgan fingerprint density at radius 1 is 1.33 bits per heavy atom. The van der Waals surface area contributed by atoms with E-state index in [0.717, 1.165) is 27.4 Å². The molecule has 2 aromatic rings. The van der Waals surface area contributed by atoms with Crippen molar-refractivity contribution in [3.05, 3.63) is 39.6 Å². The maximum Gasteiger partial charge on any atom is 0.338 e. The van der Waals surface area contributed by atoms with Gasteiger partial charge in [0.05, 0.1) is 17.7 Å². The molecule has 0 atom stereocenters. The molecule has 0 bridgehead atoms. The Bertz CT molecular complexity index is 569. The van der Waals surface area contributed by atoms with Gasteiger partial charge in [-0.25, -0.2) is 9.78 Å². The zero-order valence-electron chi connectivity index (χ0n) is 10.1. The minimum atomic E-state index is -0.272. The summed E-state index contributed by atoms with van der Waals surface area (Å²) in [7, 11) is 0. The van der Waals surface area contributed by atoms with E-state index in [1.807, 2.05) is 18.2 Å². The van der Waals surface area contributed by atoms with Crippen LogP contribution in [0.25, 0.3) is 10.9 Å². The molecule has 0 saturated carbocycles. The molecule has 0 spiro atoms. The number of hydrogen-bond donors (Lipinski definition) is 0. The van der Waals surface area contributed by atoms with Gasteiger partial charge in [-0.3, -0.25) is 0 Å². The van der Waals surface area contributed by atoms with Gasteiger partial charge in [0, 0.05) is 5.39 Å². The minimum absolute atomic E-state index is 0.272. The fraction of sp³-hybridized carbons (Fsp3) is 0.286. The molecule has 0 amide bonds. The summed E-state index contributed by atoms with van der Waals surface area (Å²) >= 11 is 2.16. The molecule has 0 fully saturated rings. The highest BCUT2D eigenvalue weighted by Crippen LogP contribution is 2.16. The number of carbonyl (C=O) groups excluding carboxylic acids is 1. The van der Waals surface area contributed by atoms with Gasteiger partial charge in [-0.2, -0.15) is 0 Å². The number of nitrogens with zero attached hydrogens (tertiary/aromatic N) is 1. The Morgan fingerprint density at radius 2 is 2.11 bits per heavy atom. The third-order valence-electron chi connectivity index (χ3n) is 2.62. The first-order valence-electron chi connectivity index (χ1n) is 5.94. The number of carbonyl (C=O) groups is 1. The smallest absolute Gasteiger partial charge is 0.338 e. The third kappa shape index (κ3) is 3.19. The second-order valence-corrected chi connectivity index (χ2v) is 5.14. The number of rotatable bonds is 4. The monoisotopic (exact) mass is 355 g/mol. The highest BCUT2D eigenvalue weighted by molar-refractivity contribution is 14.1. The molecule has 1 aromatic carbocycles. The fourth-order valence-electron chi connectivity index (χ4n) is 1.61. The van der Waals surface area contributed by atoms with Crippen LogP contribution in [0.15, 0.2) is 30.3 Å². The van der Waals surface area contributed by atoms with Crippen molar-refractivity contribution >= 4 is 39.5 Å². The van der Waals surface area contributed by atoms with Gasteiger partial charge in [-0.1, -0.05) is 25.5 Å². The summed E-state index contributed by atoms with van der Waals surface area (Å²) in [6.07, 6.45) is 1.92. The summed E-state index contributed by atoms with van der Waals surface area (Å²) in [5.41, 5.74) is 1.39. The van der Waals surface area contributed by atoms with Gasteiger partial charge >= 0.3 is 5.97 Å². The molecule has 4 heteroatoms. The van der Waals surface area contributed by atoms with Crippen LogP contribution in [-0.2, 0) is 4.74 Å². The summed E-state index contributed by atoms with van der Waals surface area (Å²) in [6, 6.07) is 9.41. The van der Waals surface area contributed by atoms with Gasteiger partial charge < -0.3 is 4.74 Å². The van der Waals surface area contributed by atoms with Crippen LogP contribution in [0.3, 0.4) is 0 Å². The van der Waals surface area contributed by atoms with Crippen molar-refractivity contribution in [2.45, 2.75) is 19.8 Å². The molecular formula is C14H14INO2. The Morgan fingerprint density at radius 3 is 2.89 bits per heavy atom. The highest BCUT2D eigenvalue weighted by atomic mass is 127. The van der Waals surface area contributed by atoms with Gasteiger partial charge in [0.15, 0.2) is 0 Å². The first-order valence-corrected chi connectivity index (χ1v) is 7.02. The first-order chi connectivity index (χ1) is 8.70. The molecule has 0 radical (unpaired) electrons. The van der Waals surface area contributed by atoms with Crippen molar-refractivity contribution < 1.29 is 9.53 Å². The maximum absolute atomic E-state index is 11.8. The van der Waals surface area contributed by atoms with Gasteiger partial charge in [-0.05, 0) is 47.2 Å². The van der Waals surface area contributed by atoms with E-state index in [2.05, 4.69) is 34.5 Å². The van der Waals surface area contributed by atoms with Gasteiger partial charge in [0.25, 0.3) is 0 Å². The van der Waals surface area contributed by atoms with Crippen LogP contribution in [0, 0.1) is 3.70 Å². The molecule has 0 unspecified atom stereocenters. The van der Waals surface area contributed by atoms with Gasteiger partial charge in [0.1, 0.15) is 3.70 Å². The van der Waals surface area contributed by atoms with E-state index >= 15 is 0 Å². The Balaban J connectivity index is 2.21. The zero-order chi connectivity index (χ0) is 13.0. The highest BCUT2D eigenvalue weighted by Gasteiger charge is 2.08. The van der Waals surface area contributed by atoms with Crippen molar-refractivity contribution in [2.24, 2.45) is 0 Å². The van der Waals surface area contributed by atoms with Crippen LogP contribution in [0.5, 0.6) is 0 Å². The normalized spacial score (nSPS) is 10.6.